The van der Waals surface area contributed by atoms with Crippen molar-refractivity contribution in [2.45, 2.75) is 25.9 Å². The first-order valence-electron chi connectivity index (χ1n) is 12.9. The Bertz CT molecular complexity index is 1440. The summed E-state index contributed by atoms with van der Waals surface area (Å²) in [6, 6.07) is 31.9. The van der Waals surface area contributed by atoms with E-state index in [1.54, 1.807) is 12.1 Å². The summed E-state index contributed by atoms with van der Waals surface area (Å²) in [6.07, 6.45) is 0.611. The molecular formula is C33H31NO6. The number of nitrogens with zero attached hydrogens (tertiary/aromatic N) is 1. The van der Waals surface area contributed by atoms with Crippen molar-refractivity contribution < 1.29 is 28.6 Å². The lowest BCUT2D eigenvalue weighted by Gasteiger charge is -2.23. The fourth-order valence-electron chi connectivity index (χ4n) is 4.27. The molecule has 0 unspecified atom stereocenters. The van der Waals surface area contributed by atoms with Crippen molar-refractivity contribution in [1.29, 1.82) is 0 Å². The van der Waals surface area contributed by atoms with E-state index in [-0.39, 0.29) is 23.5 Å². The summed E-state index contributed by atoms with van der Waals surface area (Å²) in [5.74, 6) is 0.167. The van der Waals surface area contributed by atoms with Gasteiger partial charge in [-0.15, -0.1) is 0 Å². The van der Waals surface area contributed by atoms with Crippen LogP contribution in [0.4, 0.5) is 0 Å². The fraction of sp³-hybridized carbons (Fsp3) is 0.182. The van der Waals surface area contributed by atoms with E-state index in [2.05, 4.69) is 0 Å². The molecule has 0 N–H and O–H groups in total. The summed E-state index contributed by atoms with van der Waals surface area (Å²) in [4.78, 5) is 39.6. The Kier molecular flexibility index (Phi) is 9.67. The number of para-hydroxylation sites is 1. The molecule has 0 saturated heterocycles. The fourth-order valence-corrected chi connectivity index (χ4v) is 4.27. The summed E-state index contributed by atoms with van der Waals surface area (Å²) < 4.78 is 15.5. The molecule has 0 bridgehead atoms. The third kappa shape index (κ3) is 7.57. The molecule has 0 atom stereocenters. The van der Waals surface area contributed by atoms with Gasteiger partial charge in [-0.2, -0.15) is 0 Å². The molecule has 0 radical (unpaired) electrons. The molecule has 0 aliphatic carbocycles. The smallest absolute Gasteiger partial charge is 0.338 e. The average molecular weight is 538 g/mol. The maximum Gasteiger partial charge on any atom is 0.338 e. The monoisotopic (exact) mass is 537 g/mol. The highest BCUT2D eigenvalue weighted by Gasteiger charge is 2.20. The van der Waals surface area contributed by atoms with E-state index in [1.165, 1.54) is 20.3 Å². The van der Waals surface area contributed by atoms with E-state index in [0.29, 0.717) is 25.3 Å². The standard InChI is InChI=1S/C33H31NO6/c1-38-32(36)29-19-15-24(21-30(29)33(37)39-2)16-20-31(35)34(22-25-9-5-3-6-10-25)23-26-13-17-28(18-14-26)40-27-11-7-4-8-12-27/h3-15,17-19,21H,16,20,22-23H2,1-2H3. The Morgan fingerprint density at radius 2 is 1.12 bits per heavy atom. The highest BCUT2D eigenvalue weighted by atomic mass is 16.5. The average Bonchev–Trinajstić information content (AvgIpc) is 3.00. The molecule has 0 heterocycles. The number of amides is 1. The van der Waals surface area contributed by atoms with Gasteiger partial charge in [0.25, 0.3) is 0 Å². The van der Waals surface area contributed by atoms with Crippen LogP contribution in [-0.2, 0) is 33.8 Å². The Balaban J connectivity index is 1.48. The van der Waals surface area contributed by atoms with Crippen molar-refractivity contribution in [3.63, 3.8) is 0 Å². The summed E-state index contributed by atoms with van der Waals surface area (Å²) in [5, 5.41) is 0. The molecule has 0 aliphatic rings. The Morgan fingerprint density at radius 1 is 0.600 bits per heavy atom. The van der Waals surface area contributed by atoms with Gasteiger partial charge in [0.2, 0.25) is 5.91 Å². The van der Waals surface area contributed by atoms with Gasteiger partial charge in [-0.3, -0.25) is 4.79 Å². The SMILES string of the molecule is COC(=O)c1ccc(CCC(=O)N(Cc2ccccc2)Cc2ccc(Oc3ccccc3)cc2)cc1C(=O)OC. The van der Waals surface area contributed by atoms with Crippen molar-refractivity contribution in [3.05, 3.63) is 131 Å². The minimum absolute atomic E-state index is 0.0369. The van der Waals surface area contributed by atoms with Gasteiger partial charge in [-0.1, -0.05) is 66.7 Å². The van der Waals surface area contributed by atoms with Crippen LogP contribution in [0.25, 0.3) is 0 Å². The summed E-state index contributed by atoms with van der Waals surface area (Å²) in [5.41, 5.74) is 2.96. The molecule has 4 aromatic rings. The third-order valence-corrected chi connectivity index (χ3v) is 6.37. The molecule has 1 amide bonds. The molecule has 0 aromatic heterocycles. The van der Waals surface area contributed by atoms with Crippen LogP contribution < -0.4 is 4.74 Å². The second-order valence-electron chi connectivity index (χ2n) is 9.16. The minimum Gasteiger partial charge on any atom is -0.465 e. The zero-order chi connectivity index (χ0) is 28.3. The molecule has 40 heavy (non-hydrogen) atoms. The number of aryl methyl sites for hydroxylation is 1. The van der Waals surface area contributed by atoms with Gasteiger partial charge in [0.1, 0.15) is 11.5 Å². The Labute approximate surface area is 233 Å². The van der Waals surface area contributed by atoms with Crippen LogP contribution in [-0.4, -0.2) is 37.0 Å². The van der Waals surface area contributed by atoms with Crippen LogP contribution in [0.1, 0.15) is 43.8 Å². The first-order chi connectivity index (χ1) is 19.5. The zero-order valence-electron chi connectivity index (χ0n) is 22.5. The van der Waals surface area contributed by atoms with E-state index in [9.17, 15) is 14.4 Å². The highest BCUT2D eigenvalue weighted by Crippen LogP contribution is 2.23. The normalized spacial score (nSPS) is 10.4. The molecular weight excluding hydrogens is 506 g/mol. The van der Waals surface area contributed by atoms with Crippen molar-refractivity contribution in [3.8, 4) is 11.5 Å². The number of benzene rings is 4. The van der Waals surface area contributed by atoms with Crippen LogP contribution >= 0.6 is 0 Å². The lowest BCUT2D eigenvalue weighted by Crippen LogP contribution is -2.30. The van der Waals surface area contributed by atoms with Crippen LogP contribution in [0.3, 0.4) is 0 Å². The van der Waals surface area contributed by atoms with Gasteiger partial charge in [0.15, 0.2) is 0 Å². The number of esters is 2. The minimum atomic E-state index is -0.640. The van der Waals surface area contributed by atoms with Crippen LogP contribution in [0, 0.1) is 0 Å². The van der Waals surface area contributed by atoms with E-state index in [0.717, 1.165) is 22.4 Å². The van der Waals surface area contributed by atoms with Gasteiger partial charge < -0.3 is 19.1 Å². The van der Waals surface area contributed by atoms with Crippen LogP contribution in [0.2, 0.25) is 0 Å². The maximum atomic E-state index is 13.5. The quantitative estimate of drug-likeness (QED) is 0.212. The summed E-state index contributed by atoms with van der Waals surface area (Å²) in [6.45, 7) is 0.880. The molecule has 7 nitrogen and oxygen atoms in total. The first-order valence-corrected chi connectivity index (χ1v) is 12.9. The molecule has 0 spiro atoms. The van der Waals surface area contributed by atoms with E-state index in [1.807, 2.05) is 89.8 Å². The van der Waals surface area contributed by atoms with Crippen LogP contribution in [0.5, 0.6) is 11.5 Å². The molecule has 4 aromatic carbocycles. The summed E-state index contributed by atoms with van der Waals surface area (Å²) in [7, 11) is 2.50. The van der Waals surface area contributed by atoms with Gasteiger partial charge in [0, 0.05) is 19.5 Å². The van der Waals surface area contributed by atoms with Gasteiger partial charge in [-0.05, 0) is 59.5 Å². The lowest BCUT2D eigenvalue weighted by molar-refractivity contribution is -0.132. The molecule has 0 fully saturated rings. The zero-order valence-corrected chi connectivity index (χ0v) is 22.5. The largest absolute Gasteiger partial charge is 0.465 e. The number of hydrogen-bond acceptors (Lipinski definition) is 6. The highest BCUT2D eigenvalue weighted by molar-refractivity contribution is 6.03. The van der Waals surface area contributed by atoms with Crippen molar-refractivity contribution >= 4 is 17.8 Å². The topological polar surface area (TPSA) is 82.1 Å². The number of ether oxygens (including phenoxy) is 3. The van der Waals surface area contributed by atoms with Crippen molar-refractivity contribution in [2.24, 2.45) is 0 Å². The predicted octanol–water partition coefficient (Wildman–Crippen LogP) is 6.21. The number of carbonyl (C=O) groups is 3. The molecule has 204 valence electrons. The third-order valence-electron chi connectivity index (χ3n) is 6.37. The maximum absolute atomic E-state index is 13.5. The predicted molar refractivity (Wildman–Crippen MR) is 151 cm³/mol. The number of carbonyl (C=O) groups excluding carboxylic acids is 3. The lowest BCUT2D eigenvalue weighted by atomic mass is 10.0. The van der Waals surface area contributed by atoms with Gasteiger partial charge in [0.05, 0.1) is 25.3 Å². The molecule has 0 aliphatic heterocycles. The number of methoxy groups -OCH3 is 2. The van der Waals surface area contributed by atoms with Crippen molar-refractivity contribution in [2.75, 3.05) is 14.2 Å². The van der Waals surface area contributed by atoms with E-state index in [4.69, 9.17) is 14.2 Å². The summed E-state index contributed by atoms with van der Waals surface area (Å²) >= 11 is 0. The molecule has 0 saturated carbocycles. The first kappa shape index (κ1) is 28.1. The van der Waals surface area contributed by atoms with Crippen LogP contribution in [0.15, 0.2) is 103 Å². The molecule has 4 rings (SSSR count). The van der Waals surface area contributed by atoms with E-state index < -0.39 is 11.9 Å². The Hall–Kier alpha value is -4.91. The van der Waals surface area contributed by atoms with E-state index >= 15 is 0 Å². The van der Waals surface area contributed by atoms with Crippen molar-refractivity contribution in [1.82, 2.24) is 4.90 Å². The Morgan fingerprint density at radius 3 is 1.75 bits per heavy atom. The van der Waals surface area contributed by atoms with Gasteiger partial charge in [-0.25, -0.2) is 9.59 Å². The number of rotatable bonds is 11. The molecule has 7 heteroatoms. The number of hydrogen-bond donors (Lipinski definition) is 0. The van der Waals surface area contributed by atoms with Gasteiger partial charge >= 0.3 is 11.9 Å². The second-order valence-corrected chi connectivity index (χ2v) is 9.16. The second kappa shape index (κ2) is 13.8.